The molecule has 2 N–H and O–H groups in total. The fourth-order valence-electron chi connectivity index (χ4n) is 0.845. The van der Waals surface area contributed by atoms with Gasteiger partial charge in [-0.1, -0.05) is 25.8 Å². The zero-order chi connectivity index (χ0) is 9.23. The number of carboxylic acids is 1. The van der Waals surface area contributed by atoms with Crippen molar-refractivity contribution in [2.24, 2.45) is 0 Å². The molecule has 0 amide bonds. The van der Waals surface area contributed by atoms with E-state index in [0.717, 1.165) is 19.0 Å². The molecule has 0 aliphatic rings. The zero-order valence-electron chi connectivity index (χ0n) is 7.55. The normalized spacial score (nSPS) is 10.8. The van der Waals surface area contributed by atoms with Crippen LogP contribution in [0.25, 0.3) is 0 Å². The van der Waals surface area contributed by atoms with Crippen LogP contribution in [0.3, 0.4) is 0 Å². The number of hydrogen-bond donors (Lipinski definition) is 2. The Morgan fingerprint density at radius 3 is 2.83 bits per heavy atom. The van der Waals surface area contributed by atoms with Gasteiger partial charge in [0.2, 0.25) is 0 Å². The Morgan fingerprint density at radius 1 is 1.50 bits per heavy atom. The van der Waals surface area contributed by atoms with Gasteiger partial charge in [-0.25, -0.2) is 4.79 Å². The molecule has 0 radical (unpaired) electrons. The van der Waals surface area contributed by atoms with Crippen molar-refractivity contribution in [2.75, 3.05) is 13.1 Å². The molecule has 0 saturated heterocycles. The van der Waals surface area contributed by atoms with E-state index in [2.05, 4.69) is 12.2 Å². The Labute approximate surface area is 73.5 Å². The van der Waals surface area contributed by atoms with E-state index in [4.69, 9.17) is 5.11 Å². The first-order chi connectivity index (χ1) is 5.77. The molecular weight excluding hydrogens is 154 g/mol. The molecule has 0 aromatic heterocycles. The number of rotatable bonds is 7. The standard InChI is InChI=1S/C9H17NO2/c1-2-3-4-7-10-8-5-6-9(11)12/h5-6,10H,2-4,7-8H2,1H3,(H,11,12). The van der Waals surface area contributed by atoms with Crippen LogP contribution in [0.4, 0.5) is 0 Å². The van der Waals surface area contributed by atoms with Gasteiger partial charge < -0.3 is 10.4 Å². The van der Waals surface area contributed by atoms with Crippen LogP contribution in [-0.2, 0) is 4.79 Å². The second-order valence-electron chi connectivity index (χ2n) is 2.65. The van der Waals surface area contributed by atoms with Gasteiger partial charge >= 0.3 is 5.97 Å². The first-order valence-corrected chi connectivity index (χ1v) is 4.37. The van der Waals surface area contributed by atoms with Crippen LogP contribution in [0.15, 0.2) is 12.2 Å². The Kier molecular flexibility index (Phi) is 7.70. The summed E-state index contributed by atoms with van der Waals surface area (Å²) in [6, 6.07) is 0. The maximum absolute atomic E-state index is 10.0. The predicted octanol–water partition coefficient (Wildman–Crippen LogP) is 1.41. The topological polar surface area (TPSA) is 49.3 Å². The molecule has 0 unspecified atom stereocenters. The van der Waals surface area contributed by atoms with Crippen molar-refractivity contribution >= 4 is 5.97 Å². The predicted molar refractivity (Wildman–Crippen MR) is 49.2 cm³/mol. The lowest BCUT2D eigenvalue weighted by atomic mass is 10.2. The molecule has 3 heteroatoms. The molecule has 70 valence electrons. The minimum absolute atomic E-state index is 0.649. The van der Waals surface area contributed by atoms with Crippen LogP contribution in [0.5, 0.6) is 0 Å². The molecule has 0 heterocycles. The van der Waals surface area contributed by atoms with Crippen LogP contribution in [-0.4, -0.2) is 24.2 Å². The van der Waals surface area contributed by atoms with Gasteiger partial charge in [0, 0.05) is 12.6 Å². The van der Waals surface area contributed by atoms with Crippen molar-refractivity contribution in [3.8, 4) is 0 Å². The Bertz CT molecular complexity index is 143. The summed E-state index contributed by atoms with van der Waals surface area (Å²) in [7, 11) is 0. The van der Waals surface area contributed by atoms with Gasteiger partial charge in [-0.3, -0.25) is 0 Å². The minimum atomic E-state index is -0.884. The number of carbonyl (C=O) groups is 1. The molecule has 0 aliphatic carbocycles. The highest BCUT2D eigenvalue weighted by Gasteiger charge is 1.86. The molecule has 0 saturated carbocycles. The summed E-state index contributed by atoms with van der Waals surface area (Å²) >= 11 is 0. The van der Waals surface area contributed by atoms with E-state index in [1.165, 1.54) is 12.8 Å². The molecule has 0 fully saturated rings. The maximum atomic E-state index is 10.0. The number of nitrogens with one attached hydrogen (secondary N) is 1. The third kappa shape index (κ3) is 9.17. The highest BCUT2D eigenvalue weighted by molar-refractivity contribution is 5.79. The van der Waals surface area contributed by atoms with Crippen LogP contribution >= 0.6 is 0 Å². The smallest absolute Gasteiger partial charge is 0.328 e. The molecular formula is C9H17NO2. The van der Waals surface area contributed by atoms with Crippen molar-refractivity contribution in [1.82, 2.24) is 5.32 Å². The lowest BCUT2D eigenvalue weighted by Gasteiger charge is -1.98. The Morgan fingerprint density at radius 2 is 2.25 bits per heavy atom. The largest absolute Gasteiger partial charge is 0.478 e. The van der Waals surface area contributed by atoms with Gasteiger partial charge in [0.25, 0.3) is 0 Å². The fourth-order valence-corrected chi connectivity index (χ4v) is 0.845. The summed E-state index contributed by atoms with van der Waals surface area (Å²) in [5, 5.41) is 11.4. The zero-order valence-corrected chi connectivity index (χ0v) is 7.55. The number of aliphatic carboxylic acids is 1. The summed E-state index contributed by atoms with van der Waals surface area (Å²) in [5.41, 5.74) is 0. The van der Waals surface area contributed by atoms with E-state index in [0.29, 0.717) is 6.54 Å². The van der Waals surface area contributed by atoms with Gasteiger partial charge in [-0.15, -0.1) is 0 Å². The summed E-state index contributed by atoms with van der Waals surface area (Å²) in [4.78, 5) is 10.0. The van der Waals surface area contributed by atoms with Crippen LogP contribution in [0.1, 0.15) is 26.2 Å². The molecule has 0 spiro atoms. The molecule has 0 aromatic carbocycles. The summed E-state index contributed by atoms with van der Waals surface area (Å²) in [6.45, 7) is 3.78. The first kappa shape index (κ1) is 11.2. The average molecular weight is 171 g/mol. The van der Waals surface area contributed by atoms with E-state index in [1.54, 1.807) is 6.08 Å². The van der Waals surface area contributed by atoms with Gasteiger partial charge in [0.15, 0.2) is 0 Å². The molecule has 12 heavy (non-hydrogen) atoms. The molecule has 0 aliphatic heterocycles. The second-order valence-corrected chi connectivity index (χ2v) is 2.65. The van der Waals surface area contributed by atoms with Crippen LogP contribution < -0.4 is 5.32 Å². The Balaban J connectivity index is 3.05. The summed E-state index contributed by atoms with van der Waals surface area (Å²) < 4.78 is 0. The van der Waals surface area contributed by atoms with Gasteiger partial charge in [-0.05, 0) is 13.0 Å². The van der Waals surface area contributed by atoms with Crippen molar-refractivity contribution in [3.05, 3.63) is 12.2 Å². The number of hydrogen-bond acceptors (Lipinski definition) is 2. The lowest BCUT2D eigenvalue weighted by Crippen LogP contribution is -2.15. The van der Waals surface area contributed by atoms with Crippen molar-refractivity contribution in [3.63, 3.8) is 0 Å². The Hall–Kier alpha value is -0.830. The van der Waals surface area contributed by atoms with Gasteiger partial charge in [-0.2, -0.15) is 0 Å². The quantitative estimate of drug-likeness (QED) is 0.449. The van der Waals surface area contributed by atoms with E-state index in [-0.39, 0.29) is 0 Å². The molecule has 3 nitrogen and oxygen atoms in total. The molecule has 0 aromatic rings. The average Bonchev–Trinajstić information content (AvgIpc) is 2.02. The van der Waals surface area contributed by atoms with Gasteiger partial charge in [0.1, 0.15) is 0 Å². The summed E-state index contributed by atoms with van der Waals surface area (Å²) in [6.07, 6.45) is 6.39. The van der Waals surface area contributed by atoms with E-state index in [1.807, 2.05) is 0 Å². The molecule has 0 atom stereocenters. The minimum Gasteiger partial charge on any atom is -0.478 e. The maximum Gasteiger partial charge on any atom is 0.328 e. The van der Waals surface area contributed by atoms with Crippen LogP contribution in [0.2, 0.25) is 0 Å². The van der Waals surface area contributed by atoms with E-state index < -0.39 is 5.97 Å². The molecule has 0 bridgehead atoms. The lowest BCUT2D eigenvalue weighted by molar-refractivity contribution is -0.131. The van der Waals surface area contributed by atoms with E-state index >= 15 is 0 Å². The number of carboxylic acid groups (broad SMARTS) is 1. The summed E-state index contributed by atoms with van der Waals surface area (Å²) in [5.74, 6) is -0.884. The highest BCUT2D eigenvalue weighted by Crippen LogP contribution is 1.90. The first-order valence-electron chi connectivity index (χ1n) is 4.37. The van der Waals surface area contributed by atoms with Crippen molar-refractivity contribution in [2.45, 2.75) is 26.2 Å². The van der Waals surface area contributed by atoms with Crippen molar-refractivity contribution < 1.29 is 9.90 Å². The highest BCUT2D eigenvalue weighted by atomic mass is 16.4. The van der Waals surface area contributed by atoms with Crippen LogP contribution in [0, 0.1) is 0 Å². The van der Waals surface area contributed by atoms with Gasteiger partial charge in [0.05, 0.1) is 0 Å². The monoisotopic (exact) mass is 171 g/mol. The number of unbranched alkanes of at least 4 members (excludes halogenated alkanes) is 2. The van der Waals surface area contributed by atoms with E-state index in [9.17, 15) is 4.79 Å². The second kappa shape index (κ2) is 8.27. The molecule has 0 rings (SSSR count). The van der Waals surface area contributed by atoms with Crippen molar-refractivity contribution in [1.29, 1.82) is 0 Å². The SMILES string of the molecule is CCCCCNCC=CC(=O)O. The fraction of sp³-hybridized carbons (Fsp3) is 0.667. The third-order valence-electron chi connectivity index (χ3n) is 1.48. The third-order valence-corrected chi connectivity index (χ3v) is 1.48.